The Kier molecular flexibility index (Phi) is 3.60. The smallest absolute Gasteiger partial charge is 0.0911 e. The molecular formula is C15H26O3. The molecule has 0 aromatic heterocycles. The largest absolute Gasteiger partial charge is 0.393 e. The topological polar surface area (TPSA) is 60.7 Å². The summed E-state index contributed by atoms with van der Waals surface area (Å²) >= 11 is 0. The van der Waals surface area contributed by atoms with Crippen LogP contribution in [0.5, 0.6) is 0 Å². The molecule has 0 bridgehead atoms. The Morgan fingerprint density at radius 3 is 2.67 bits per heavy atom. The molecule has 1 saturated carbocycles. The van der Waals surface area contributed by atoms with Crippen molar-refractivity contribution in [2.75, 3.05) is 6.61 Å². The number of aliphatic hydroxyl groups excluding tert-OH is 1. The van der Waals surface area contributed by atoms with Crippen molar-refractivity contribution in [1.29, 1.82) is 0 Å². The third-order valence-electron chi connectivity index (χ3n) is 5.08. The average Bonchev–Trinajstić information content (AvgIpc) is 2.59. The molecule has 0 heterocycles. The molecule has 1 fully saturated rings. The summed E-state index contributed by atoms with van der Waals surface area (Å²) in [6, 6.07) is 0. The molecule has 18 heavy (non-hydrogen) atoms. The molecule has 2 rings (SSSR count). The van der Waals surface area contributed by atoms with Gasteiger partial charge in [0.15, 0.2) is 0 Å². The molecule has 104 valence electrons. The van der Waals surface area contributed by atoms with Crippen molar-refractivity contribution in [2.24, 2.45) is 17.8 Å². The third-order valence-corrected chi connectivity index (χ3v) is 5.08. The van der Waals surface area contributed by atoms with E-state index in [2.05, 4.69) is 13.0 Å². The van der Waals surface area contributed by atoms with E-state index >= 15 is 0 Å². The number of fused-ring (bicyclic) bond motifs is 1. The Bertz CT molecular complexity index is 344. The van der Waals surface area contributed by atoms with E-state index in [4.69, 9.17) is 0 Å². The predicted octanol–water partition coefficient (Wildman–Crippen LogP) is 1.86. The van der Waals surface area contributed by atoms with Gasteiger partial charge in [0.25, 0.3) is 0 Å². The van der Waals surface area contributed by atoms with Gasteiger partial charge in [-0.15, -0.1) is 0 Å². The first-order valence-corrected chi connectivity index (χ1v) is 7.05. The van der Waals surface area contributed by atoms with Crippen LogP contribution in [0.1, 0.15) is 46.5 Å². The summed E-state index contributed by atoms with van der Waals surface area (Å²) in [7, 11) is 0. The van der Waals surface area contributed by atoms with Crippen LogP contribution in [-0.4, -0.2) is 33.1 Å². The molecule has 0 radical (unpaired) electrons. The Morgan fingerprint density at radius 2 is 2.06 bits per heavy atom. The maximum atomic E-state index is 10.6. The van der Waals surface area contributed by atoms with E-state index in [9.17, 15) is 15.3 Å². The van der Waals surface area contributed by atoms with Gasteiger partial charge in [0.1, 0.15) is 0 Å². The standard InChI is InChI=1S/C15H26O3/c1-10-4-5-13-12(10)8-11(15(3,18)9-16)6-7-14(13,2)17/h8,10-11,13,16-18H,4-7,9H2,1-3H3/t10-,11-,13+,14+,15?/m1/s1. The van der Waals surface area contributed by atoms with Gasteiger partial charge in [-0.25, -0.2) is 0 Å². The molecule has 0 aromatic rings. The van der Waals surface area contributed by atoms with E-state index < -0.39 is 11.2 Å². The van der Waals surface area contributed by atoms with Crippen LogP contribution in [0.15, 0.2) is 11.6 Å². The summed E-state index contributed by atoms with van der Waals surface area (Å²) < 4.78 is 0. The van der Waals surface area contributed by atoms with Crippen LogP contribution in [0.4, 0.5) is 0 Å². The van der Waals surface area contributed by atoms with Crippen LogP contribution in [0.25, 0.3) is 0 Å². The van der Waals surface area contributed by atoms with E-state index in [1.165, 1.54) is 5.57 Å². The van der Waals surface area contributed by atoms with Gasteiger partial charge in [-0.1, -0.05) is 18.6 Å². The zero-order chi connectivity index (χ0) is 13.6. The second kappa shape index (κ2) is 4.62. The lowest BCUT2D eigenvalue weighted by atomic mass is 9.82. The highest BCUT2D eigenvalue weighted by atomic mass is 16.3. The first-order chi connectivity index (χ1) is 8.28. The van der Waals surface area contributed by atoms with Crippen molar-refractivity contribution >= 4 is 0 Å². The lowest BCUT2D eigenvalue weighted by Gasteiger charge is -2.31. The van der Waals surface area contributed by atoms with Crippen molar-refractivity contribution in [3.8, 4) is 0 Å². The Morgan fingerprint density at radius 1 is 1.39 bits per heavy atom. The molecule has 3 heteroatoms. The minimum absolute atomic E-state index is 0.0606. The summed E-state index contributed by atoms with van der Waals surface area (Å²) in [5, 5.41) is 30.2. The number of rotatable bonds is 2. The molecule has 0 amide bonds. The van der Waals surface area contributed by atoms with E-state index in [-0.39, 0.29) is 18.4 Å². The van der Waals surface area contributed by atoms with Crippen LogP contribution < -0.4 is 0 Å². The van der Waals surface area contributed by atoms with E-state index in [1.54, 1.807) is 6.92 Å². The van der Waals surface area contributed by atoms with Gasteiger partial charge in [-0.2, -0.15) is 0 Å². The van der Waals surface area contributed by atoms with Crippen molar-refractivity contribution in [2.45, 2.75) is 57.7 Å². The lowest BCUT2D eigenvalue weighted by Crippen LogP contribution is -2.38. The maximum absolute atomic E-state index is 10.6. The second-order valence-corrected chi connectivity index (χ2v) is 6.72. The molecule has 1 unspecified atom stereocenters. The molecule has 3 nitrogen and oxygen atoms in total. The predicted molar refractivity (Wildman–Crippen MR) is 71.0 cm³/mol. The quantitative estimate of drug-likeness (QED) is 0.659. The van der Waals surface area contributed by atoms with Gasteiger partial charge in [-0.05, 0) is 45.4 Å². The van der Waals surface area contributed by atoms with Gasteiger partial charge < -0.3 is 15.3 Å². The molecule has 0 spiro atoms. The summed E-state index contributed by atoms with van der Waals surface area (Å²) in [6.45, 7) is 5.56. The summed E-state index contributed by atoms with van der Waals surface area (Å²) in [4.78, 5) is 0. The fourth-order valence-electron chi connectivity index (χ4n) is 3.59. The molecule has 2 aliphatic carbocycles. The highest BCUT2D eigenvalue weighted by molar-refractivity contribution is 5.23. The maximum Gasteiger partial charge on any atom is 0.0911 e. The zero-order valence-corrected chi connectivity index (χ0v) is 11.7. The van der Waals surface area contributed by atoms with Crippen molar-refractivity contribution in [3.05, 3.63) is 11.6 Å². The number of hydrogen-bond donors (Lipinski definition) is 3. The van der Waals surface area contributed by atoms with Gasteiger partial charge in [-0.3, -0.25) is 0 Å². The van der Waals surface area contributed by atoms with Crippen molar-refractivity contribution in [3.63, 3.8) is 0 Å². The van der Waals surface area contributed by atoms with E-state index in [1.807, 2.05) is 6.92 Å². The molecule has 0 aromatic carbocycles. The Balaban J connectivity index is 2.34. The normalized spacial score (nSPS) is 43.9. The average molecular weight is 254 g/mol. The van der Waals surface area contributed by atoms with Crippen LogP contribution >= 0.6 is 0 Å². The van der Waals surface area contributed by atoms with Crippen LogP contribution in [0, 0.1) is 17.8 Å². The van der Waals surface area contributed by atoms with Gasteiger partial charge >= 0.3 is 0 Å². The number of aliphatic hydroxyl groups is 3. The van der Waals surface area contributed by atoms with Gasteiger partial charge in [0.2, 0.25) is 0 Å². The molecule has 0 aliphatic heterocycles. The minimum atomic E-state index is -1.08. The Hall–Kier alpha value is -0.380. The highest BCUT2D eigenvalue weighted by Gasteiger charge is 2.44. The molecule has 0 saturated heterocycles. The molecule has 3 N–H and O–H groups in total. The third kappa shape index (κ3) is 2.36. The van der Waals surface area contributed by atoms with Gasteiger partial charge in [0.05, 0.1) is 17.8 Å². The summed E-state index contributed by atoms with van der Waals surface area (Å²) in [6.07, 6.45) is 5.70. The lowest BCUT2D eigenvalue weighted by molar-refractivity contribution is -0.0435. The first-order valence-electron chi connectivity index (χ1n) is 7.05. The summed E-state index contributed by atoms with van der Waals surface area (Å²) in [5.41, 5.74) is -0.465. The van der Waals surface area contributed by atoms with E-state index in [0.717, 1.165) is 19.3 Å². The van der Waals surface area contributed by atoms with Crippen LogP contribution in [0.2, 0.25) is 0 Å². The monoisotopic (exact) mass is 254 g/mol. The second-order valence-electron chi connectivity index (χ2n) is 6.72. The zero-order valence-electron chi connectivity index (χ0n) is 11.7. The van der Waals surface area contributed by atoms with Crippen LogP contribution in [-0.2, 0) is 0 Å². The van der Waals surface area contributed by atoms with Crippen LogP contribution in [0.3, 0.4) is 0 Å². The highest BCUT2D eigenvalue weighted by Crippen LogP contribution is 2.48. The molecular weight excluding hydrogens is 228 g/mol. The van der Waals surface area contributed by atoms with E-state index in [0.29, 0.717) is 12.3 Å². The minimum Gasteiger partial charge on any atom is -0.393 e. The SMILES string of the molecule is C[C@@H]1CC[C@H]2C1=C[C@H](C(C)(O)CO)CC[C@]2(C)O. The summed E-state index contributed by atoms with van der Waals surface area (Å²) in [5.74, 6) is 0.651. The Labute approximate surface area is 110 Å². The van der Waals surface area contributed by atoms with Gasteiger partial charge in [0, 0.05) is 11.8 Å². The fraction of sp³-hybridized carbons (Fsp3) is 0.867. The molecule has 5 atom stereocenters. The fourth-order valence-corrected chi connectivity index (χ4v) is 3.59. The van der Waals surface area contributed by atoms with Crippen molar-refractivity contribution in [1.82, 2.24) is 0 Å². The number of hydrogen-bond acceptors (Lipinski definition) is 3. The molecule has 2 aliphatic rings. The van der Waals surface area contributed by atoms with Crippen molar-refractivity contribution < 1.29 is 15.3 Å². The first kappa shape index (κ1) is 14.0.